The average Bonchev–Trinajstić information content (AvgIpc) is 2.96. The predicted molar refractivity (Wildman–Crippen MR) is 85.3 cm³/mol. The van der Waals surface area contributed by atoms with E-state index in [4.69, 9.17) is 4.74 Å². The molecule has 1 saturated carbocycles. The zero-order valence-electron chi connectivity index (χ0n) is 13.2. The van der Waals surface area contributed by atoms with Crippen LogP contribution < -0.4 is 5.32 Å². The Labute approximate surface area is 128 Å². The van der Waals surface area contributed by atoms with Gasteiger partial charge in [-0.2, -0.15) is 0 Å². The minimum Gasteiger partial charge on any atom is -0.375 e. The SMILES string of the molecule is CCNC(Cc1ccccn1)C1CCOC2(CCCC2)C1. The zero-order chi connectivity index (χ0) is 14.5. The van der Waals surface area contributed by atoms with E-state index in [-0.39, 0.29) is 5.60 Å². The number of hydrogen-bond donors (Lipinski definition) is 1. The average molecular weight is 288 g/mol. The lowest BCUT2D eigenvalue weighted by Gasteiger charge is -2.41. The molecule has 1 aromatic heterocycles. The molecule has 2 unspecified atom stereocenters. The van der Waals surface area contributed by atoms with Crippen LogP contribution in [0.4, 0.5) is 0 Å². The van der Waals surface area contributed by atoms with Gasteiger partial charge in [-0.1, -0.05) is 25.8 Å². The molecule has 1 aromatic rings. The van der Waals surface area contributed by atoms with Crippen LogP contribution in [-0.4, -0.2) is 29.8 Å². The molecule has 21 heavy (non-hydrogen) atoms. The summed E-state index contributed by atoms with van der Waals surface area (Å²) < 4.78 is 6.19. The lowest BCUT2D eigenvalue weighted by molar-refractivity contribution is -0.0978. The number of likely N-dealkylation sites (N-methyl/N-ethyl adjacent to an activating group) is 1. The van der Waals surface area contributed by atoms with E-state index in [0.29, 0.717) is 6.04 Å². The molecule has 3 heteroatoms. The van der Waals surface area contributed by atoms with Crippen LogP contribution in [0.15, 0.2) is 24.4 Å². The van der Waals surface area contributed by atoms with E-state index in [0.717, 1.165) is 25.5 Å². The van der Waals surface area contributed by atoms with Gasteiger partial charge in [0.15, 0.2) is 0 Å². The maximum Gasteiger partial charge on any atom is 0.0685 e. The third kappa shape index (κ3) is 3.64. The second kappa shape index (κ2) is 6.89. The van der Waals surface area contributed by atoms with E-state index >= 15 is 0 Å². The topological polar surface area (TPSA) is 34.2 Å². The Balaban J connectivity index is 1.68. The van der Waals surface area contributed by atoms with Crippen LogP contribution in [0, 0.1) is 5.92 Å². The van der Waals surface area contributed by atoms with Crippen LogP contribution in [0.2, 0.25) is 0 Å². The maximum atomic E-state index is 6.19. The fourth-order valence-corrected chi connectivity index (χ4v) is 4.19. The van der Waals surface area contributed by atoms with Gasteiger partial charge in [0.05, 0.1) is 5.60 Å². The van der Waals surface area contributed by atoms with Crippen molar-refractivity contribution in [3.8, 4) is 0 Å². The first-order valence-corrected chi connectivity index (χ1v) is 8.58. The van der Waals surface area contributed by atoms with Gasteiger partial charge in [-0.3, -0.25) is 4.98 Å². The summed E-state index contributed by atoms with van der Waals surface area (Å²) in [6, 6.07) is 6.77. The maximum absolute atomic E-state index is 6.19. The van der Waals surface area contributed by atoms with Gasteiger partial charge >= 0.3 is 0 Å². The van der Waals surface area contributed by atoms with Gasteiger partial charge in [-0.25, -0.2) is 0 Å². The minimum absolute atomic E-state index is 0.209. The van der Waals surface area contributed by atoms with Crippen molar-refractivity contribution in [1.82, 2.24) is 10.3 Å². The standard InChI is InChI=1S/C18H28N2O/c1-2-19-17(13-16-7-3-6-11-20-16)15-8-12-21-18(14-15)9-4-5-10-18/h3,6-7,11,15,17,19H,2,4-5,8-10,12-14H2,1H3. The molecule has 1 saturated heterocycles. The van der Waals surface area contributed by atoms with Crippen LogP contribution in [0.3, 0.4) is 0 Å². The van der Waals surface area contributed by atoms with E-state index in [1.165, 1.54) is 44.2 Å². The normalized spacial score (nSPS) is 26.0. The molecule has 2 atom stereocenters. The first-order chi connectivity index (χ1) is 10.3. The molecule has 1 aliphatic heterocycles. The zero-order valence-corrected chi connectivity index (χ0v) is 13.2. The minimum atomic E-state index is 0.209. The van der Waals surface area contributed by atoms with Gasteiger partial charge in [-0.15, -0.1) is 0 Å². The fourth-order valence-electron chi connectivity index (χ4n) is 4.19. The van der Waals surface area contributed by atoms with Crippen molar-refractivity contribution in [2.75, 3.05) is 13.2 Å². The summed E-state index contributed by atoms with van der Waals surface area (Å²) in [5.41, 5.74) is 1.41. The smallest absolute Gasteiger partial charge is 0.0685 e. The quantitative estimate of drug-likeness (QED) is 0.902. The Hall–Kier alpha value is -0.930. The van der Waals surface area contributed by atoms with Gasteiger partial charge in [0.1, 0.15) is 0 Å². The number of ether oxygens (including phenoxy) is 1. The van der Waals surface area contributed by atoms with Gasteiger partial charge in [0.2, 0.25) is 0 Å². The van der Waals surface area contributed by atoms with E-state index < -0.39 is 0 Å². The van der Waals surface area contributed by atoms with Gasteiger partial charge < -0.3 is 10.1 Å². The number of rotatable bonds is 5. The lowest BCUT2D eigenvalue weighted by atomic mass is 9.79. The molecule has 0 amide bonds. The molecule has 2 heterocycles. The summed E-state index contributed by atoms with van der Waals surface area (Å²) in [6.45, 7) is 4.17. The Kier molecular flexibility index (Phi) is 4.91. The summed E-state index contributed by atoms with van der Waals surface area (Å²) in [5, 5.41) is 3.71. The molecular weight excluding hydrogens is 260 g/mol. The number of nitrogens with one attached hydrogen (secondary N) is 1. The molecule has 2 fully saturated rings. The van der Waals surface area contributed by atoms with Crippen molar-refractivity contribution < 1.29 is 4.74 Å². The summed E-state index contributed by atoms with van der Waals surface area (Å²) >= 11 is 0. The molecule has 3 nitrogen and oxygen atoms in total. The van der Waals surface area contributed by atoms with E-state index in [1.54, 1.807) is 0 Å². The Morgan fingerprint density at radius 2 is 2.24 bits per heavy atom. The number of aromatic nitrogens is 1. The fraction of sp³-hybridized carbons (Fsp3) is 0.722. The van der Waals surface area contributed by atoms with Crippen LogP contribution in [0.1, 0.15) is 51.1 Å². The van der Waals surface area contributed by atoms with Gasteiger partial charge in [-0.05, 0) is 50.3 Å². The third-order valence-electron chi connectivity index (χ3n) is 5.24. The van der Waals surface area contributed by atoms with Crippen LogP contribution in [0.25, 0.3) is 0 Å². The summed E-state index contributed by atoms with van der Waals surface area (Å²) in [4.78, 5) is 4.51. The lowest BCUT2D eigenvalue weighted by Crippen LogP contribution is -2.46. The molecule has 1 spiro atoms. The highest BCUT2D eigenvalue weighted by Crippen LogP contribution is 2.43. The van der Waals surface area contributed by atoms with Crippen molar-refractivity contribution in [2.24, 2.45) is 5.92 Å². The van der Waals surface area contributed by atoms with E-state index in [1.807, 2.05) is 12.3 Å². The molecule has 0 radical (unpaired) electrons. The summed E-state index contributed by atoms with van der Waals surface area (Å²) in [5.74, 6) is 0.721. The Morgan fingerprint density at radius 1 is 1.38 bits per heavy atom. The highest BCUT2D eigenvalue weighted by Gasteiger charge is 2.41. The second-order valence-corrected chi connectivity index (χ2v) is 6.68. The van der Waals surface area contributed by atoms with Crippen LogP contribution in [0.5, 0.6) is 0 Å². The molecule has 1 aliphatic carbocycles. The molecule has 0 bridgehead atoms. The largest absolute Gasteiger partial charge is 0.375 e. The Bertz CT molecular complexity index is 428. The molecule has 3 rings (SSSR count). The van der Waals surface area contributed by atoms with Crippen molar-refractivity contribution in [2.45, 2.75) is 63.5 Å². The first kappa shape index (κ1) is 15.0. The van der Waals surface area contributed by atoms with E-state index in [2.05, 4.69) is 29.4 Å². The van der Waals surface area contributed by atoms with Crippen LogP contribution in [-0.2, 0) is 11.2 Å². The highest BCUT2D eigenvalue weighted by molar-refractivity contribution is 5.07. The molecule has 1 N–H and O–H groups in total. The van der Waals surface area contributed by atoms with Gasteiger partial charge in [0.25, 0.3) is 0 Å². The van der Waals surface area contributed by atoms with Crippen LogP contribution >= 0.6 is 0 Å². The van der Waals surface area contributed by atoms with E-state index in [9.17, 15) is 0 Å². The monoisotopic (exact) mass is 288 g/mol. The van der Waals surface area contributed by atoms with Crippen molar-refractivity contribution in [3.63, 3.8) is 0 Å². The van der Waals surface area contributed by atoms with Crippen molar-refractivity contribution in [1.29, 1.82) is 0 Å². The predicted octanol–water partition coefficient (Wildman–Crippen LogP) is 3.34. The molecule has 2 aliphatic rings. The molecule has 116 valence electrons. The number of hydrogen-bond acceptors (Lipinski definition) is 3. The Morgan fingerprint density at radius 3 is 2.95 bits per heavy atom. The summed E-state index contributed by atoms with van der Waals surface area (Å²) in [7, 11) is 0. The number of nitrogens with zero attached hydrogens (tertiary/aromatic N) is 1. The van der Waals surface area contributed by atoms with Gasteiger partial charge in [0, 0.05) is 31.0 Å². The van der Waals surface area contributed by atoms with Crippen molar-refractivity contribution >= 4 is 0 Å². The van der Waals surface area contributed by atoms with Crippen molar-refractivity contribution in [3.05, 3.63) is 30.1 Å². The highest BCUT2D eigenvalue weighted by atomic mass is 16.5. The molecular formula is C18H28N2O. The third-order valence-corrected chi connectivity index (χ3v) is 5.24. The first-order valence-electron chi connectivity index (χ1n) is 8.58. The second-order valence-electron chi connectivity index (χ2n) is 6.68. The molecule has 0 aromatic carbocycles. The summed E-state index contributed by atoms with van der Waals surface area (Å²) in [6.07, 6.45) is 10.6. The number of pyridine rings is 1.